The lowest BCUT2D eigenvalue weighted by Crippen LogP contribution is -2.06. The minimum atomic E-state index is -0.603. The van der Waals surface area contributed by atoms with Crippen LogP contribution in [0.15, 0.2) is 69.8 Å². The third-order valence-electron chi connectivity index (χ3n) is 4.19. The van der Waals surface area contributed by atoms with E-state index in [2.05, 4.69) is 5.16 Å². The van der Waals surface area contributed by atoms with Gasteiger partial charge in [-0.3, -0.25) is 0 Å². The highest BCUT2D eigenvalue weighted by Gasteiger charge is 2.15. The molecule has 0 atom stereocenters. The molecule has 2 aromatic carbocycles. The zero-order chi connectivity index (χ0) is 20.9. The minimum absolute atomic E-state index is 0.107. The van der Waals surface area contributed by atoms with Gasteiger partial charge in [0.2, 0.25) is 5.76 Å². The van der Waals surface area contributed by atoms with Gasteiger partial charge < -0.3 is 23.2 Å². The fraction of sp³-hybridized carbons (Fsp3) is 0.136. The molecule has 8 heteroatoms. The molecule has 0 spiro atoms. The molecule has 4 rings (SSSR count). The van der Waals surface area contributed by atoms with E-state index in [1.807, 2.05) is 0 Å². The lowest BCUT2D eigenvalue weighted by Gasteiger charge is -2.06. The molecule has 0 radical (unpaired) electrons. The average molecular weight is 407 g/mol. The molecule has 0 aliphatic carbocycles. The number of aromatic nitrogens is 1. The smallest absolute Gasteiger partial charge is 0.379 e. The van der Waals surface area contributed by atoms with Gasteiger partial charge >= 0.3 is 11.9 Å². The Hall–Kier alpha value is -4.07. The van der Waals surface area contributed by atoms with Gasteiger partial charge in [-0.15, -0.1) is 0 Å². The van der Waals surface area contributed by atoms with Crippen LogP contribution < -0.4 is 9.47 Å². The van der Waals surface area contributed by atoms with Crippen molar-refractivity contribution in [3.8, 4) is 11.5 Å². The molecular formula is C22H17NO7. The van der Waals surface area contributed by atoms with Gasteiger partial charge in [0, 0.05) is 11.5 Å². The predicted octanol–water partition coefficient (Wildman–Crippen LogP) is 4.40. The Balaban J connectivity index is 1.41. The SMILES string of the molecule is CCOC(=O)c1ccc(OCc2noc3cc(OC(=O)c4ccco4)ccc23)cc1. The normalized spacial score (nSPS) is 10.7. The number of carbonyl (C=O) groups excluding carboxylic acids is 2. The molecule has 8 nitrogen and oxygen atoms in total. The van der Waals surface area contributed by atoms with Crippen molar-refractivity contribution in [1.82, 2.24) is 5.16 Å². The van der Waals surface area contributed by atoms with E-state index in [4.69, 9.17) is 23.2 Å². The second-order valence-corrected chi connectivity index (χ2v) is 6.19. The molecule has 0 aliphatic heterocycles. The van der Waals surface area contributed by atoms with E-state index < -0.39 is 5.97 Å². The number of esters is 2. The zero-order valence-electron chi connectivity index (χ0n) is 16.0. The average Bonchev–Trinajstić information content (AvgIpc) is 3.43. The quantitative estimate of drug-likeness (QED) is 0.328. The second-order valence-electron chi connectivity index (χ2n) is 6.19. The Labute approximate surface area is 170 Å². The summed E-state index contributed by atoms with van der Waals surface area (Å²) in [6.07, 6.45) is 1.40. The number of rotatable bonds is 7. The standard InChI is InChI=1S/C22H17NO7/c1-2-26-21(24)14-5-7-15(8-6-14)28-13-18-17-10-9-16(12-20(17)30-23-18)29-22(25)19-4-3-11-27-19/h3-12H,2,13H2,1H3. The molecule has 0 aliphatic rings. The Morgan fingerprint density at radius 1 is 1.00 bits per heavy atom. The summed E-state index contributed by atoms with van der Waals surface area (Å²) >= 11 is 0. The first-order valence-electron chi connectivity index (χ1n) is 9.18. The van der Waals surface area contributed by atoms with E-state index in [-0.39, 0.29) is 18.3 Å². The van der Waals surface area contributed by atoms with Gasteiger partial charge in [-0.25, -0.2) is 9.59 Å². The molecule has 0 saturated heterocycles. The van der Waals surface area contributed by atoms with Gasteiger partial charge in [-0.2, -0.15) is 0 Å². The Morgan fingerprint density at radius 3 is 2.53 bits per heavy atom. The minimum Gasteiger partial charge on any atom is -0.487 e. The van der Waals surface area contributed by atoms with Gasteiger partial charge in [-0.05, 0) is 55.5 Å². The molecule has 0 bridgehead atoms. The van der Waals surface area contributed by atoms with Gasteiger partial charge in [0.15, 0.2) is 5.58 Å². The van der Waals surface area contributed by atoms with E-state index in [9.17, 15) is 9.59 Å². The monoisotopic (exact) mass is 407 g/mol. The molecule has 0 unspecified atom stereocenters. The van der Waals surface area contributed by atoms with Crippen molar-refractivity contribution < 1.29 is 32.7 Å². The Morgan fingerprint density at radius 2 is 1.80 bits per heavy atom. The maximum atomic E-state index is 12.0. The van der Waals surface area contributed by atoms with E-state index in [0.29, 0.717) is 34.9 Å². The third-order valence-corrected chi connectivity index (χ3v) is 4.19. The summed E-state index contributed by atoms with van der Waals surface area (Å²) in [5.41, 5.74) is 1.49. The van der Waals surface area contributed by atoms with Crippen molar-refractivity contribution in [2.75, 3.05) is 6.61 Å². The van der Waals surface area contributed by atoms with Crippen molar-refractivity contribution in [1.29, 1.82) is 0 Å². The Kier molecular flexibility index (Phi) is 5.47. The number of benzene rings is 2. The lowest BCUT2D eigenvalue weighted by molar-refractivity contribution is 0.0526. The number of fused-ring (bicyclic) bond motifs is 1. The Bertz CT molecular complexity index is 1160. The molecule has 152 valence electrons. The first kappa shape index (κ1) is 19.3. The highest BCUT2D eigenvalue weighted by molar-refractivity contribution is 5.90. The molecule has 4 aromatic rings. The van der Waals surface area contributed by atoms with Crippen LogP contribution in [0.25, 0.3) is 11.0 Å². The maximum absolute atomic E-state index is 12.0. The van der Waals surface area contributed by atoms with Crippen LogP contribution in [0, 0.1) is 0 Å². The highest BCUT2D eigenvalue weighted by Crippen LogP contribution is 2.25. The summed E-state index contributed by atoms with van der Waals surface area (Å²) in [6, 6.07) is 14.7. The van der Waals surface area contributed by atoms with Crippen LogP contribution in [0.4, 0.5) is 0 Å². The van der Waals surface area contributed by atoms with Crippen LogP contribution in [0.1, 0.15) is 33.5 Å². The van der Waals surface area contributed by atoms with Crippen LogP contribution >= 0.6 is 0 Å². The van der Waals surface area contributed by atoms with E-state index in [0.717, 1.165) is 5.39 Å². The topological polar surface area (TPSA) is 101 Å². The number of hydrogen-bond acceptors (Lipinski definition) is 8. The van der Waals surface area contributed by atoms with Crippen LogP contribution in [0.2, 0.25) is 0 Å². The second kappa shape index (κ2) is 8.52. The summed E-state index contributed by atoms with van der Waals surface area (Å²) in [6.45, 7) is 2.24. The number of ether oxygens (including phenoxy) is 3. The van der Waals surface area contributed by atoms with Crippen molar-refractivity contribution in [2.24, 2.45) is 0 Å². The number of hydrogen-bond donors (Lipinski definition) is 0. The molecular weight excluding hydrogens is 390 g/mol. The fourth-order valence-electron chi connectivity index (χ4n) is 2.74. The van der Waals surface area contributed by atoms with E-state index >= 15 is 0 Å². The van der Waals surface area contributed by atoms with Crippen LogP contribution in [0.5, 0.6) is 11.5 Å². The van der Waals surface area contributed by atoms with Crippen molar-refractivity contribution in [3.05, 3.63) is 77.9 Å². The lowest BCUT2D eigenvalue weighted by atomic mass is 10.2. The summed E-state index contributed by atoms with van der Waals surface area (Å²) < 4.78 is 26.3. The van der Waals surface area contributed by atoms with Crippen LogP contribution in [0.3, 0.4) is 0 Å². The van der Waals surface area contributed by atoms with Crippen LogP contribution in [-0.4, -0.2) is 23.7 Å². The molecule has 0 N–H and O–H groups in total. The largest absolute Gasteiger partial charge is 0.487 e. The van der Waals surface area contributed by atoms with Crippen molar-refractivity contribution >= 4 is 22.9 Å². The molecule has 0 amide bonds. The zero-order valence-corrected chi connectivity index (χ0v) is 16.0. The van der Waals surface area contributed by atoms with Crippen LogP contribution in [-0.2, 0) is 11.3 Å². The predicted molar refractivity (Wildman–Crippen MR) is 104 cm³/mol. The van der Waals surface area contributed by atoms with E-state index in [1.54, 1.807) is 55.5 Å². The number of furan rings is 1. The molecule has 2 heterocycles. The highest BCUT2D eigenvalue weighted by atomic mass is 16.5. The molecule has 30 heavy (non-hydrogen) atoms. The van der Waals surface area contributed by atoms with Gasteiger partial charge in [0.25, 0.3) is 0 Å². The van der Waals surface area contributed by atoms with Crippen molar-refractivity contribution in [2.45, 2.75) is 13.5 Å². The first-order valence-corrected chi connectivity index (χ1v) is 9.18. The number of carbonyl (C=O) groups is 2. The molecule has 2 aromatic heterocycles. The summed E-state index contributed by atoms with van der Waals surface area (Å²) in [5.74, 6) is 0.00443. The fourth-order valence-corrected chi connectivity index (χ4v) is 2.74. The van der Waals surface area contributed by atoms with Crippen molar-refractivity contribution in [3.63, 3.8) is 0 Å². The van der Waals surface area contributed by atoms with E-state index in [1.165, 1.54) is 12.3 Å². The van der Waals surface area contributed by atoms with Gasteiger partial charge in [0.1, 0.15) is 23.8 Å². The first-order chi connectivity index (χ1) is 14.6. The van der Waals surface area contributed by atoms with Gasteiger partial charge in [0.05, 0.1) is 18.4 Å². The maximum Gasteiger partial charge on any atom is 0.379 e. The molecule has 0 fully saturated rings. The summed E-state index contributed by atoms with van der Waals surface area (Å²) in [5, 5.41) is 4.75. The number of nitrogens with zero attached hydrogens (tertiary/aromatic N) is 1. The van der Waals surface area contributed by atoms with Gasteiger partial charge in [-0.1, -0.05) is 5.16 Å². The third kappa shape index (κ3) is 4.17. The summed E-state index contributed by atoms with van der Waals surface area (Å²) in [7, 11) is 0. The molecule has 0 saturated carbocycles. The summed E-state index contributed by atoms with van der Waals surface area (Å²) in [4.78, 5) is 23.7.